The smallest absolute Gasteiger partial charge is 0.407 e. The molecule has 6 nitrogen and oxygen atoms in total. The summed E-state index contributed by atoms with van der Waals surface area (Å²) in [6.45, 7) is 7.50. The zero-order valence-corrected chi connectivity index (χ0v) is 16.3. The van der Waals surface area contributed by atoms with Gasteiger partial charge >= 0.3 is 6.09 Å². The molecule has 0 saturated carbocycles. The number of carbonyl (C=O) groups is 1. The molecule has 7 heteroatoms. The number of benzene rings is 1. The minimum Gasteiger partial charge on any atom is -0.444 e. The summed E-state index contributed by atoms with van der Waals surface area (Å²) in [5.74, 6) is 0.261. The number of carbonyl (C=O) groups excluding carboxylic acids is 1. The number of nitrogens with one attached hydrogen (secondary N) is 2. The quantitative estimate of drug-likeness (QED) is 0.624. The summed E-state index contributed by atoms with van der Waals surface area (Å²) in [4.78, 5) is 23.5. The highest BCUT2D eigenvalue weighted by Crippen LogP contribution is 2.29. The Morgan fingerprint density at radius 1 is 1.29 bits per heavy atom. The molecule has 3 aromatic rings. The topological polar surface area (TPSA) is 79.4 Å². The number of ether oxygens (including phenoxy) is 1. The summed E-state index contributed by atoms with van der Waals surface area (Å²) in [7, 11) is 0. The highest BCUT2D eigenvalue weighted by Gasteiger charge is 2.15. The number of pyridine rings is 1. The largest absolute Gasteiger partial charge is 0.444 e. The number of aliphatic imine (C=N–C) groups is 1. The molecule has 0 saturated heterocycles. The second-order valence-corrected chi connectivity index (χ2v) is 7.50. The molecule has 0 spiro atoms. The SMILES string of the molecule is CC(CNC(=O)OC(C)(C)C)=Nc1ccc(-c2c[nH]c3cc(F)ccc23)cn1. The molecule has 0 aliphatic carbocycles. The van der Waals surface area contributed by atoms with Gasteiger partial charge in [0.2, 0.25) is 0 Å². The number of hydrogen-bond donors (Lipinski definition) is 2. The first-order valence-corrected chi connectivity index (χ1v) is 8.95. The van der Waals surface area contributed by atoms with E-state index in [1.807, 2.05) is 33.0 Å². The van der Waals surface area contributed by atoms with Crippen molar-refractivity contribution < 1.29 is 13.9 Å². The van der Waals surface area contributed by atoms with Crippen molar-refractivity contribution >= 4 is 28.5 Å². The van der Waals surface area contributed by atoms with Crippen LogP contribution in [-0.4, -0.2) is 33.9 Å². The van der Waals surface area contributed by atoms with Crippen molar-refractivity contribution in [1.29, 1.82) is 0 Å². The molecule has 0 aliphatic rings. The van der Waals surface area contributed by atoms with E-state index in [2.05, 4.69) is 20.3 Å². The first-order chi connectivity index (χ1) is 13.2. The van der Waals surface area contributed by atoms with Gasteiger partial charge in [-0.05, 0) is 58.0 Å². The zero-order chi connectivity index (χ0) is 20.3. The van der Waals surface area contributed by atoms with Gasteiger partial charge in [-0.1, -0.05) is 0 Å². The number of aromatic amines is 1. The Morgan fingerprint density at radius 3 is 2.75 bits per heavy atom. The minimum absolute atomic E-state index is 0.270. The second kappa shape index (κ2) is 7.80. The minimum atomic E-state index is -0.541. The summed E-state index contributed by atoms with van der Waals surface area (Å²) >= 11 is 0. The van der Waals surface area contributed by atoms with Gasteiger partial charge in [-0.25, -0.2) is 19.2 Å². The van der Waals surface area contributed by atoms with Gasteiger partial charge in [0, 0.05) is 40.1 Å². The van der Waals surface area contributed by atoms with Crippen LogP contribution < -0.4 is 5.32 Å². The number of hydrogen-bond acceptors (Lipinski definition) is 4. The van der Waals surface area contributed by atoms with Crippen LogP contribution in [-0.2, 0) is 4.74 Å². The number of fused-ring (bicyclic) bond motifs is 1. The Balaban J connectivity index is 1.68. The Morgan fingerprint density at radius 2 is 2.07 bits per heavy atom. The van der Waals surface area contributed by atoms with Crippen molar-refractivity contribution in [2.75, 3.05) is 6.54 Å². The van der Waals surface area contributed by atoms with Gasteiger partial charge in [-0.15, -0.1) is 0 Å². The molecule has 0 bridgehead atoms. The van der Waals surface area contributed by atoms with E-state index in [-0.39, 0.29) is 12.4 Å². The molecule has 2 aromatic heterocycles. The molecule has 0 radical (unpaired) electrons. The molecule has 1 aromatic carbocycles. The predicted molar refractivity (Wildman–Crippen MR) is 108 cm³/mol. The molecular weight excluding hydrogens is 359 g/mol. The molecular formula is C21H23FN4O2. The van der Waals surface area contributed by atoms with E-state index in [9.17, 15) is 9.18 Å². The third kappa shape index (κ3) is 4.94. The molecule has 0 atom stereocenters. The van der Waals surface area contributed by atoms with Gasteiger partial charge in [-0.3, -0.25) is 0 Å². The Labute approximate surface area is 162 Å². The van der Waals surface area contributed by atoms with Crippen LogP contribution >= 0.6 is 0 Å². The standard InChI is InChI=1S/C21H23FN4O2/c1-13(10-25-20(27)28-21(2,3)4)26-19-8-5-14(11-24-19)17-12-23-18-9-15(22)6-7-16(17)18/h5-9,11-12,23H,10H2,1-4H3,(H,25,27). The molecule has 2 heterocycles. The third-order valence-corrected chi connectivity index (χ3v) is 3.90. The van der Waals surface area contributed by atoms with Crippen LogP contribution in [0.15, 0.2) is 47.7 Å². The van der Waals surface area contributed by atoms with E-state index in [0.717, 1.165) is 22.0 Å². The van der Waals surface area contributed by atoms with Crippen LogP contribution in [0.4, 0.5) is 15.0 Å². The predicted octanol–water partition coefficient (Wildman–Crippen LogP) is 4.99. The van der Waals surface area contributed by atoms with Crippen molar-refractivity contribution in [3.8, 4) is 11.1 Å². The van der Waals surface area contributed by atoms with E-state index in [0.29, 0.717) is 11.5 Å². The summed E-state index contributed by atoms with van der Waals surface area (Å²) in [6, 6.07) is 8.36. The highest BCUT2D eigenvalue weighted by molar-refractivity contribution is 5.95. The summed E-state index contributed by atoms with van der Waals surface area (Å²) in [5.41, 5.74) is 2.75. The lowest BCUT2D eigenvalue weighted by Gasteiger charge is -2.19. The molecule has 0 fully saturated rings. The Kier molecular flexibility index (Phi) is 5.44. The van der Waals surface area contributed by atoms with E-state index in [1.165, 1.54) is 12.1 Å². The van der Waals surface area contributed by atoms with Crippen molar-refractivity contribution in [3.05, 3.63) is 48.5 Å². The van der Waals surface area contributed by atoms with Gasteiger partial charge < -0.3 is 15.0 Å². The number of halogens is 1. The molecule has 1 amide bonds. The van der Waals surface area contributed by atoms with Crippen LogP contribution in [0.5, 0.6) is 0 Å². The Hall–Kier alpha value is -3.22. The molecule has 28 heavy (non-hydrogen) atoms. The summed E-state index contributed by atoms with van der Waals surface area (Å²) in [6.07, 6.45) is 3.07. The molecule has 0 aliphatic heterocycles. The normalized spacial score (nSPS) is 12.2. The van der Waals surface area contributed by atoms with E-state index < -0.39 is 11.7 Å². The van der Waals surface area contributed by atoms with Crippen LogP contribution in [0.25, 0.3) is 22.0 Å². The maximum Gasteiger partial charge on any atom is 0.407 e. The first-order valence-electron chi connectivity index (χ1n) is 8.95. The van der Waals surface area contributed by atoms with Crippen LogP contribution in [0, 0.1) is 5.82 Å². The molecule has 146 valence electrons. The number of amides is 1. The number of rotatable bonds is 4. The molecule has 2 N–H and O–H groups in total. The first kappa shape index (κ1) is 19.5. The fraction of sp³-hybridized carbons (Fsp3) is 0.286. The van der Waals surface area contributed by atoms with E-state index in [4.69, 9.17) is 4.74 Å². The lowest BCUT2D eigenvalue weighted by Crippen LogP contribution is -2.34. The number of alkyl carbamates (subject to hydrolysis) is 1. The molecule has 0 unspecified atom stereocenters. The lowest BCUT2D eigenvalue weighted by molar-refractivity contribution is 0.0536. The lowest BCUT2D eigenvalue weighted by atomic mass is 10.1. The number of aromatic nitrogens is 2. The second-order valence-electron chi connectivity index (χ2n) is 7.50. The van der Waals surface area contributed by atoms with E-state index in [1.54, 1.807) is 25.3 Å². The Bertz CT molecular complexity index is 1020. The van der Waals surface area contributed by atoms with Gasteiger partial charge in [-0.2, -0.15) is 0 Å². The fourth-order valence-electron chi connectivity index (χ4n) is 2.70. The van der Waals surface area contributed by atoms with Crippen LogP contribution in [0.1, 0.15) is 27.7 Å². The fourth-order valence-corrected chi connectivity index (χ4v) is 2.70. The van der Waals surface area contributed by atoms with Gasteiger partial charge in [0.1, 0.15) is 11.4 Å². The average molecular weight is 382 g/mol. The molecule has 3 rings (SSSR count). The van der Waals surface area contributed by atoms with Crippen molar-refractivity contribution in [3.63, 3.8) is 0 Å². The highest BCUT2D eigenvalue weighted by atomic mass is 19.1. The van der Waals surface area contributed by atoms with Crippen molar-refractivity contribution in [1.82, 2.24) is 15.3 Å². The zero-order valence-electron chi connectivity index (χ0n) is 16.3. The number of H-pyrrole nitrogens is 1. The average Bonchev–Trinajstić information content (AvgIpc) is 3.02. The van der Waals surface area contributed by atoms with Gasteiger partial charge in [0.25, 0.3) is 0 Å². The van der Waals surface area contributed by atoms with E-state index >= 15 is 0 Å². The van der Waals surface area contributed by atoms with Gasteiger partial charge in [0.15, 0.2) is 5.82 Å². The summed E-state index contributed by atoms with van der Waals surface area (Å²) < 4.78 is 18.5. The monoisotopic (exact) mass is 382 g/mol. The van der Waals surface area contributed by atoms with Gasteiger partial charge in [0.05, 0.1) is 6.54 Å². The maximum atomic E-state index is 13.3. The number of nitrogens with zero attached hydrogens (tertiary/aromatic N) is 2. The third-order valence-electron chi connectivity index (χ3n) is 3.90. The maximum absolute atomic E-state index is 13.3. The van der Waals surface area contributed by atoms with Crippen LogP contribution in [0.3, 0.4) is 0 Å². The van der Waals surface area contributed by atoms with Crippen molar-refractivity contribution in [2.45, 2.75) is 33.3 Å². The summed E-state index contributed by atoms with van der Waals surface area (Å²) in [5, 5.41) is 3.59. The van der Waals surface area contributed by atoms with Crippen molar-refractivity contribution in [2.24, 2.45) is 4.99 Å². The van der Waals surface area contributed by atoms with Crippen LogP contribution in [0.2, 0.25) is 0 Å².